The van der Waals surface area contributed by atoms with Crippen molar-refractivity contribution in [3.8, 4) is 11.8 Å². The Bertz CT molecular complexity index is 585. The maximum atomic E-state index is 12.1. The highest BCUT2D eigenvalue weighted by Gasteiger charge is 2.19. The summed E-state index contributed by atoms with van der Waals surface area (Å²) in [6.07, 6.45) is 0.451. The van der Waals surface area contributed by atoms with Crippen molar-refractivity contribution in [2.45, 2.75) is 32.8 Å². The van der Waals surface area contributed by atoms with Gasteiger partial charge in [0.15, 0.2) is 0 Å². The minimum absolute atomic E-state index is 0.318. The Balaban J connectivity index is 2.88. The molecule has 0 radical (unpaired) electrons. The lowest BCUT2D eigenvalue weighted by molar-refractivity contribution is 0.00693. The fraction of sp³-hybridized carbons (Fsp3) is 0.400. The van der Waals surface area contributed by atoms with Crippen LogP contribution in [0.2, 0.25) is 0 Å². The van der Waals surface area contributed by atoms with Crippen molar-refractivity contribution in [3.05, 3.63) is 45.8 Å². The summed E-state index contributed by atoms with van der Waals surface area (Å²) in [7, 11) is 0. The van der Waals surface area contributed by atoms with Gasteiger partial charge in [-0.1, -0.05) is 29.1 Å². The Morgan fingerprint density at radius 3 is 2.75 bits per heavy atom. The van der Waals surface area contributed by atoms with Crippen LogP contribution in [-0.2, 0) is 4.74 Å². The van der Waals surface area contributed by atoms with E-state index in [0.717, 1.165) is 0 Å². The largest absolute Gasteiger partial charge is 0.456 e. The molecule has 1 aromatic rings. The molecule has 0 unspecified atom stereocenters. The molecule has 0 heterocycles. The molecular weight excluding hydrogens is 254 g/mol. The van der Waals surface area contributed by atoms with Crippen LogP contribution in [-0.4, -0.2) is 18.1 Å². The van der Waals surface area contributed by atoms with Crippen LogP contribution in [0.3, 0.4) is 0 Å². The number of benzene rings is 1. The first-order valence-corrected chi connectivity index (χ1v) is 6.26. The third-order valence-corrected chi connectivity index (χ3v) is 2.17. The summed E-state index contributed by atoms with van der Waals surface area (Å²) in [6, 6.07) is 7.03. The van der Waals surface area contributed by atoms with E-state index in [9.17, 15) is 4.79 Å². The predicted molar refractivity (Wildman–Crippen MR) is 77.1 cm³/mol. The highest BCUT2D eigenvalue weighted by Crippen LogP contribution is 2.15. The second-order valence-corrected chi connectivity index (χ2v) is 5.05. The maximum absolute atomic E-state index is 12.1. The molecule has 0 aliphatic rings. The van der Waals surface area contributed by atoms with Crippen molar-refractivity contribution in [1.29, 1.82) is 0 Å². The predicted octanol–water partition coefficient (Wildman–Crippen LogP) is 3.69. The fourth-order valence-electron chi connectivity index (χ4n) is 1.41. The Kier molecular flexibility index (Phi) is 5.64. The van der Waals surface area contributed by atoms with E-state index in [-0.39, 0.29) is 0 Å². The van der Waals surface area contributed by atoms with E-state index in [1.165, 1.54) is 0 Å². The monoisotopic (exact) mass is 271 g/mol. The van der Waals surface area contributed by atoms with Gasteiger partial charge in [0.1, 0.15) is 5.60 Å². The van der Waals surface area contributed by atoms with Gasteiger partial charge >= 0.3 is 5.97 Å². The van der Waals surface area contributed by atoms with Crippen molar-refractivity contribution < 1.29 is 9.53 Å². The third kappa shape index (κ3) is 5.47. The van der Waals surface area contributed by atoms with Crippen LogP contribution in [0, 0.1) is 11.8 Å². The average molecular weight is 271 g/mol. The van der Waals surface area contributed by atoms with Crippen LogP contribution in [0.25, 0.3) is 10.4 Å². The molecule has 1 rings (SSSR count). The van der Waals surface area contributed by atoms with Crippen LogP contribution in [0.1, 0.15) is 43.1 Å². The van der Waals surface area contributed by atoms with Gasteiger partial charge in [0, 0.05) is 23.4 Å². The molecule has 1 aromatic carbocycles. The zero-order valence-corrected chi connectivity index (χ0v) is 11.9. The summed E-state index contributed by atoms with van der Waals surface area (Å²) in [5.41, 5.74) is 8.67. The molecule has 5 nitrogen and oxygen atoms in total. The molecule has 0 N–H and O–H groups in total. The lowest BCUT2D eigenvalue weighted by atomic mass is 10.1. The zero-order chi connectivity index (χ0) is 15.0. The van der Waals surface area contributed by atoms with E-state index in [4.69, 9.17) is 10.3 Å². The molecule has 5 heteroatoms. The SMILES string of the molecule is CC(C)(C)OC(=O)c1ccccc1C#CCCN=[N+]=[N-]. The van der Waals surface area contributed by atoms with Gasteiger partial charge in [-0.05, 0) is 38.4 Å². The number of hydrogen-bond acceptors (Lipinski definition) is 3. The summed E-state index contributed by atoms with van der Waals surface area (Å²) < 4.78 is 5.34. The van der Waals surface area contributed by atoms with E-state index in [2.05, 4.69) is 21.9 Å². The van der Waals surface area contributed by atoms with Crippen molar-refractivity contribution in [2.24, 2.45) is 5.11 Å². The number of azide groups is 1. The standard InChI is InChI=1S/C15H17N3O2/c1-15(2,3)20-14(19)13-10-5-4-8-12(13)9-6-7-11-17-18-16/h4-5,8,10H,7,11H2,1-3H3. The van der Waals surface area contributed by atoms with Crippen LogP contribution in [0.15, 0.2) is 29.4 Å². The Morgan fingerprint density at radius 1 is 1.40 bits per heavy atom. The first kappa shape index (κ1) is 15.6. The first-order chi connectivity index (χ1) is 9.44. The van der Waals surface area contributed by atoms with Gasteiger partial charge in [-0.3, -0.25) is 0 Å². The van der Waals surface area contributed by atoms with Crippen LogP contribution in [0.4, 0.5) is 0 Å². The second-order valence-electron chi connectivity index (χ2n) is 5.05. The van der Waals surface area contributed by atoms with Gasteiger partial charge in [0.25, 0.3) is 0 Å². The number of carbonyl (C=O) groups is 1. The zero-order valence-electron chi connectivity index (χ0n) is 11.9. The minimum atomic E-state index is -0.543. The van der Waals surface area contributed by atoms with E-state index in [1.807, 2.05) is 26.8 Å². The highest BCUT2D eigenvalue weighted by molar-refractivity contribution is 5.92. The van der Waals surface area contributed by atoms with Crippen molar-refractivity contribution in [2.75, 3.05) is 6.54 Å². The second kappa shape index (κ2) is 7.22. The Labute approximate surface area is 118 Å². The quantitative estimate of drug-likeness (QED) is 0.210. The molecule has 0 aliphatic heterocycles. The third-order valence-electron chi connectivity index (χ3n) is 2.17. The molecule has 0 fully saturated rings. The minimum Gasteiger partial charge on any atom is -0.456 e. The smallest absolute Gasteiger partial charge is 0.339 e. The fourth-order valence-corrected chi connectivity index (χ4v) is 1.41. The molecule has 0 atom stereocenters. The molecule has 0 saturated heterocycles. The number of ether oxygens (including phenoxy) is 1. The highest BCUT2D eigenvalue weighted by atomic mass is 16.6. The van der Waals surface area contributed by atoms with Crippen LogP contribution in [0.5, 0.6) is 0 Å². The summed E-state index contributed by atoms with van der Waals surface area (Å²) in [4.78, 5) is 14.7. The molecule has 0 bridgehead atoms. The van der Waals surface area contributed by atoms with Gasteiger partial charge in [0.2, 0.25) is 0 Å². The summed E-state index contributed by atoms with van der Waals surface area (Å²) in [5, 5.41) is 3.40. The van der Waals surface area contributed by atoms with Crippen molar-refractivity contribution in [1.82, 2.24) is 0 Å². The number of hydrogen-bond donors (Lipinski definition) is 0. The van der Waals surface area contributed by atoms with Gasteiger partial charge in [0.05, 0.1) is 5.56 Å². The molecule has 20 heavy (non-hydrogen) atoms. The van der Waals surface area contributed by atoms with Crippen molar-refractivity contribution >= 4 is 5.97 Å². The molecule has 104 valence electrons. The topological polar surface area (TPSA) is 75.1 Å². The first-order valence-electron chi connectivity index (χ1n) is 6.26. The molecule has 0 amide bonds. The molecule has 0 spiro atoms. The lowest BCUT2D eigenvalue weighted by Crippen LogP contribution is -2.24. The lowest BCUT2D eigenvalue weighted by Gasteiger charge is -2.19. The van der Waals surface area contributed by atoms with E-state index in [0.29, 0.717) is 24.1 Å². The number of esters is 1. The van der Waals surface area contributed by atoms with Crippen LogP contribution < -0.4 is 0 Å². The average Bonchev–Trinajstić information content (AvgIpc) is 2.37. The Morgan fingerprint density at radius 2 is 2.10 bits per heavy atom. The van der Waals surface area contributed by atoms with Crippen molar-refractivity contribution in [3.63, 3.8) is 0 Å². The normalized spacial score (nSPS) is 9.95. The summed E-state index contributed by atoms with van der Waals surface area (Å²) in [5.74, 6) is 5.39. The summed E-state index contributed by atoms with van der Waals surface area (Å²) >= 11 is 0. The van der Waals surface area contributed by atoms with Gasteiger partial charge in [-0.15, -0.1) is 0 Å². The van der Waals surface area contributed by atoms with E-state index < -0.39 is 11.6 Å². The maximum Gasteiger partial charge on any atom is 0.339 e. The van der Waals surface area contributed by atoms with Crippen LogP contribution >= 0.6 is 0 Å². The molecule has 0 aromatic heterocycles. The number of rotatable bonds is 3. The molecule has 0 saturated carbocycles. The Hall–Kier alpha value is -2.44. The van der Waals surface area contributed by atoms with Gasteiger partial charge in [-0.2, -0.15) is 0 Å². The number of nitrogens with zero attached hydrogens (tertiary/aromatic N) is 3. The van der Waals surface area contributed by atoms with Gasteiger partial charge in [-0.25, -0.2) is 4.79 Å². The molecule has 0 aliphatic carbocycles. The summed E-state index contributed by atoms with van der Waals surface area (Å²) in [6.45, 7) is 5.77. The van der Waals surface area contributed by atoms with E-state index in [1.54, 1.807) is 18.2 Å². The number of carbonyl (C=O) groups excluding carboxylic acids is 1. The molecular formula is C15H17N3O2. The van der Waals surface area contributed by atoms with Gasteiger partial charge < -0.3 is 4.74 Å². The van der Waals surface area contributed by atoms with E-state index >= 15 is 0 Å².